The average molecular weight is 196 g/mol. The molecule has 0 heterocycles. The van der Waals surface area contributed by atoms with Crippen molar-refractivity contribution in [1.82, 2.24) is 0 Å². The molecule has 5 heteroatoms. The molecular formula is C9H10NO4. The highest BCUT2D eigenvalue weighted by Gasteiger charge is 2.05. The third kappa shape index (κ3) is 3.02. The summed E-state index contributed by atoms with van der Waals surface area (Å²) in [7, 11) is 1.56. The fraction of sp³-hybridized carbons (Fsp3) is 0.333. The summed E-state index contributed by atoms with van der Waals surface area (Å²) >= 11 is 0. The molecule has 1 aromatic rings. The van der Waals surface area contributed by atoms with Gasteiger partial charge in [-0.05, 0) is 12.1 Å². The Morgan fingerprint density at radius 3 is 2.93 bits per heavy atom. The average Bonchev–Trinajstić information content (AvgIpc) is 2.19. The van der Waals surface area contributed by atoms with Crippen LogP contribution in [0.2, 0.25) is 0 Å². The van der Waals surface area contributed by atoms with Gasteiger partial charge in [-0.1, -0.05) is 0 Å². The van der Waals surface area contributed by atoms with Crippen LogP contribution >= 0.6 is 0 Å². The van der Waals surface area contributed by atoms with Gasteiger partial charge in [-0.2, -0.15) is 0 Å². The van der Waals surface area contributed by atoms with Gasteiger partial charge in [-0.15, -0.1) is 0 Å². The lowest BCUT2D eigenvalue weighted by Gasteiger charge is -2.03. The Hall–Kier alpha value is -1.62. The normalized spacial score (nSPS) is 9.79. The van der Waals surface area contributed by atoms with Gasteiger partial charge in [0.2, 0.25) is 0 Å². The van der Waals surface area contributed by atoms with Crippen LogP contribution in [0.3, 0.4) is 0 Å². The van der Waals surface area contributed by atoms with Crippen molar-refractivity contribution in [3.05, 3.63) is 34.4 Å². The van der Waals surface area contributed by atoms with Crippen molar-refractivity contribution in [1.29, 1.82) is 0 Å². The highest BCUT2D eigenvalue weighted by Crippen LogP contribution is 2.18. The summed E-state index contributed by atoms with van der Waals surface area (Å²) in [6.07, 6.45) is 0. The highest BCUT2D eigenvalue weighted by atomic mass is 16.6. The second-order valence-corrected chi connectivity index (χ2v) is 2.53. The molecule has 1 rings (SSSR count). The third-order valence-electron chi connectivity index (χ3n) is 1.51. The van der Waals surface area contributed by atoms with E-state index in [1.54, 1.807) is 13.2 Å². The van der Waals surface area contributed by atoms with E-state index in [0.717, 1.165) is 0 Å². The predicted octanol–water partition coefficient (Wildman–Crippen LogP) is 1.42. The fourth-order valence-corrected chi connectivity index (χ4v) is 0.870. The minimum Gasteiger partial charge on any atom is -0.491 e. The van der Waals surface area contributed by atoms with Crippen LogP contribution in [-0.4, -0.2) is 25.2 Å². The molecule has 0 aliphatic heterocycles. The first-order valence-corrected chi connectivity index (χ1v) is 4.01. The smallest absolute Gasteiger partial charge is 0.273 e. The van der Waals surface area contributed by atoms with Crippen LogP contribution in [0.1, 0.15) is 0 Å². The molecule has 0 amide bonds. The van der Waals surface area contributed by atoms with Crippen molar-refractivity contribution in [2.75, 3.05) is 20.3 Å². The van der Waals surface area contributed by atoms with Crippen molar-refractivity contribution < 1.29 is 14.4 Å². The molecule has 1 aromatic carbocycles. The Morgan fingerprint density at radius 2 is 2.29 bits per heavy atom. The first-order chi connectivity index (χ1) is 6.74. The maximum atomic E-state index is 10.4. The molecule has 75 valence electrons. The second kappa shape index (κ2) is 5.18. The van der Waals surface area contributed by atoms with E-state index in [1.807, 2.05) is 0 Å². The number of nitro groups is 1. The molecular weight excluding hydrogens is 186 g/mol. The first-order valence-electron chi connectivity index (χ1n) is 4.01. The molecule has 5 nitrogen and oxygen atoms in total. The number of non-ortho nitro benzene ring substituents is 1. The SMILES string of the molecule is COCCOc1c[c]cc([N+](=O)[O-])c1. The molecule has 0 saturated carbocycles. The Balaban J connectivity index is 2.59. The van der Waals surface area contributed by atoms with E-state index < -0.39 is 4.92 Å². The van der Waals surface area contributed by atoms with E-state index in [0.29, 0.717) is 19.0 Å². The number of hydrogen-bond donors (Lipinski definition) is 0. The van der Waals surface area contributed by atoms with E-state index in [9.17, 15) is 10.1 Å². The van der Waals surface area contributed by atoms with Gasteiger partial charge in [0.15, 0.2) is 0 Å². The van der Waals surface area contributed by atoms with E-state index in [-0.39, 0.29) is 5.69 Å². The van der Waals surface area contributed by atoms with Gasteiger partial charge in [0, 0.05) is 13.2 Å². The lowest BCUT2D eigenvalue weighted by molar-refractivity contribution is -0.385. The quantitative estimate of drug-likeness (QED) is 0.406. The summed E-state index contributed by atoms with van der Waals surface area (Å²) < 4.78 is 9.95. The molecule has 0 aliphatic rings. The van der Waals surface area contributed by atoms with Gasteiger partial charge in [0.05, 0.1) is 17.6 Å². The number of methoxy groups -OCH3 is 1. The monoisotopic (exact) mass is 196 g/mol. The zero-order chi connectivity index (χ0) is 10.4. The standard InChI is InChI=1S/C9H10NO4/c1-13-5-6-14-9-4-2-3-8(7-9)10(11)12/h3-4,7H,5-6H2,1H3. The van der Waals surface area contributed by atoms with Gasteiger partial charge in [-0.25, -0.2) is 0 Å². The molecule has 0 bridgehead atoms. The van der Waals surface area contributed by atoms with Gasteiger partial charge in [0.1, 0.15) is 12.4 Å². The molecule has 0 aliphatic carbocycles. The maximum Gasteiger partial charge on any atom is 0.273 e. The number of rotatable bonds is 5. The second-order valence-electron chi connectivity index (χ2n) is 2.53. The fourth-order valence-electron chi connectivity index (χ4n) is 0.870. The highest BCUT2D eigenvalue weighted by molar-refractivity contribution is 5.37. The number of hydrogen-bond acceptors (Lipinski definition) is 4. The molecule has 0 atom stereocenters. The molecule has 14 heavy (non-hydrogen) atoms. The molecule has 0 N–H and O–H groups in total. The zero-order valence-corrected chi connectivity index (χ0v) is 7.73. The molecule has 0 saturated heterocycles. The summed E-state index contributed by atoms with van der Waals surface area (Å²) in [5.41, 5.74) is -0.0279. The zero-order valence-electron chi connectivity index (χ0n) is 7.73. The minimum absolute atomic E-state index is 0.0279. The number of ether oxygens (including phenoxy) is 2. The van der Waals surface area contributed by atoms with E-state index in [1.165, 1.54) is 12.1 Å². The molecule has 0 spiro atoms. The van der Waals surface area contributed by atoms with E-state index >= 15 is 0 Å². The maximum absolute atomic E-state index is 10.4. The van der Waals surface area contributed by atoms with Gasteiger partial charge >= 0.3 is 0 Å². The number of benzene rings is 1. The number of nitro benzene ring substituents is 1. The molecule has 1 radical (unpaired) electrons. The van der Waals surface area contributed by atoms with Crippen LogP contribution in [0.15, 0.2) is 18.2 Å². The van der Waals surface area contributed by atoms with Crippen LogP contribution in [0.4, 0.5) is 5.69 Å². The number of nitrogens with zero attached hydrogens (tertiary/aromatic N) is 1. The summed E-state index contributed by atoms with van der Waals surface area (Å²) in [4.78, 5) is 9.90. The van der Waals surface area contributed by atoms with Crippen LogP contribution in [0.5, 0.6) is 5.75 Å². The van der Waals surface area contributed by atoms with Gasteiger partial charge in [-0.3, -0.25) is 10.1 Å². The van der Waals surface area contributed by atoms with Crippen LogP contribution in [0.25, 0.3) is 0 Å². The van der Waals surface area contributed by atoms with Gasteiger partial charge < -0.3 is 9.47 Å². The first kappa shape index (κ1) is 10.5. The molecule has 0 fully saturated rings. The minimum atomic E-state index is -0.486. The van der Waals surface area contributed by atoms with Crippen LogP contribution in [-0.2, 0) is 4.74 Å². The van der Waals surface area contributed by atoms with Gasteiger partial charge in [0.25, 0.3) is 5.69 Å². The topological polar surface area (TPSA) is 61.6 Å². The van der Waals surface area contributed by atoms with Crippen molar-refractivity contribution in [3.8, 4) is 5.75 Å². The summed E-state index contributed by atoms with van der Waals surface area (Å²) in [5, 5.41) is 10.4. The third-order valence-corrected chi connectivity index (χ3v) is 1.51. The summed E-state index contributed by atoms with van der Waals surface area (Å²) in [6, 6.07) is 6.82. The van der Waals surface area contributed by atoms with Crippen molar-refractivity contribution in [3.63, 3.8) is 0 Å². The van der Waals surface area contributed by atoms with E-state index in [4.69, 9.17) is 9.47 Å². The Kier molecular flexibility index (Phi) is 3.87. The Bertz CT molecular complexity index is 313. The summed E-state index contributed by atoms with van der Waals surface area (Å²) in [5.74, 6) is 0.427. The van der Waals surface area contributed by atoms with E-state index in [2.05, 4.69) is 6.07 Å². The molecule has 0 unspecified atom stereocenters. The van der Waals surface area contributed by atoms with Crippen molar-refractivity contribution in [2.24, 2.45) is 0 Å². The van der Waals surface area contributed by atoms with Crippen LogP contribution in [0, 0.1) is 16.2 Å². The molecule has 0 aromatic heterocycles. The Morgan fingerprint density at radius 1 is 1.50 bits per heavy atom. The van der Waals surface area contributed by atoms with Crippen LogP contribution < -0.4 is 4.74 Å². The predicted molar refractivity (Wildman–Crippen MR) is 49.3 cm³/mol. The largest absolute Gasteiger partial charge is 0.491 e. The lowest BCUT2D eigenvalue weighted by Crippen LogP contribution is -2.04. The summed E-state index contributed by atoms with van der Waals surface area (Å²) in [6.45, 7) is 0.814. The lowest BCUT2D eigenvalue weighted by atomic mass is 10.3. The van der Waals surface area contributed by atoms with Crippen molar-refractivity contribution >= 4 is 5.69 Å². The Labute approximate surface area is 81.4 Å². The van der Waals surface area contributed by atoms with Crippen molar-refractivity contribution in [2.45, 2.75) is 0 Å².